The van der Waals surface area contributed by atoms with E-state index in [2.05, 4.69) is 4.98 Å². The van der Waals surface area contributed by atoms with Gasteiger partial charge in [0.15, 0.2) is 0 Å². The number of hydrogen-bond acceptors (Lipinski definition) is 4. The molecule has 0 saturated carbocycles. The molecule has 0 saturated heterocycles. The first kappa shape index (κ1) is 10.5. The van der Waals surface area contributed by atoms with E-state index < -0.39 is 0 Å². The zero-order valence-corrected chi connectivity index (χ0v) is 8.65. The smallest absolute Gasteiger partial charge is 0.303 e. The molecule has 0 aliphatic rings. The van der Waals surface area contributed by atoms with Gasteiger partial charge in [0.05, 0.1) is 5.69 Å². The van der Waals surface area contributed by atoms with Crippen LogP contribution in [-0.2, 0) is 16.1 Å². The van der Waals surface area contributed by atoms with Crippen LogP contribution < -0.4 is 4.90 Å². The lowest BCUT2D eigenvalue weighted by molar-refractivity contribution is -0.142. The summed E-state index contributed by atoms with van der Waals surface area (Å²) in [6, 6.07) is 5.62. The molecule has 0 aliphatic carbocycles. The molecule has 14 heavy (non-hydrogen) atoms. The summed E-state index contributed by atoms with van der Waals surface area (Å²) in [5.74, 6) is 0.566. The molecular formula is C10H14N2O2. The summed E-state index contributed by atoms with van der Waals surface area (Å²) in [5.41, 5.74) is 0.756. The van der Waals surface area contributed by atoms with Gasteiger partial charge < -0.3 is 9.64 Å². The molecule has 0 bridgehead atoms. The molecule has 0 aliphatic heterocycles. The number of anilines is 1. The van der Waals surface area contributed by atoms with E-state index in [1.165, 1.54) is 6.92 Å². The summed E-state index contributed by atoms with van der Waals surface area (Å²) >= 11 is 0. The number of pyridine rings is 1. The van der Waals surface area contributed by atoms with Crippen LogP contribution in [0.25, 0.3) is 0 Å². The number of nitrogens with zero attached hydrogens (tertiary/aromatic N) is 2. The average molecular weight is 194 g/mol. The molecule has 0 aromatic carbocycles. The Labute approximate surface area is 83.5 Å². The van der Waals surface area contributed by atoms with Crippen LogP contribution in [0.15, 0.2) is 18.2 Å². The first-order chi connectivity index (χ1) is 6.59. The van der Waals surface area contributed by atoms with Crippen LogP contribution >= 0.6 is 0 Å². The molecule has 0 radical (unpaired) electrons. The van der Waals surface area contributed by atoms with Gasteiger partial charge in [-0.3, -0.25) is 4.79 Å². The van der Waals surface area contributed by atoms with Crippen molar-refractivity contribution < 1.29 is 9.53 Å². The SMILES string of the molecule is CC(=O)OCc1cccc(N(C)C)n1. The van der Waals surface area contributed by atoms with Crippen LogP contribution in [0.2, 0.25) is 0 Å². The lowest BCUT2D eigenvalue weighted by atomic mass is 10.3. The Kier molecular flexibility index (Phi) is 3.45. The number of aromatic nitrogens is 1. The van der Waals surface area contributed by atoms with Crippen molar-refractivity contribution in [2.24, 2.45) is 0 Å². The Balaban J connectivity index is 2.68. The fraction of sp³-hybridized carbons (Fsp3) is 0.400. The van der Waals surface area contributed by atoms with E-state index in [-0.39, 0.29) is 12.6 Å². The van der Waals surface area contributed by atoms with Crippen molar-refractivity contribution in [2.45, 2.75) is 13.5 Å². The first-order valence-corrected chi connectivity index (χ1v) is 4.36. The van der Waals surface area contributed by atoms with Gasteiger partial charge in [0.1, 0.15) is 12.4 Å². The maximum Gasteiger partial charge on any atom is 0.303 e. The third kappa shape index (κ3) is 3.05. The van der Waals surface area contributed by atoms with Gasteiger partial charge in [0, 0.05) is 21.0 Å². The highest BCUT2D eigenvalue weighted by Crippen LogP contribution is 2.08. The van der Waals surface area contributed by atoms with E-state index in [4.69, 9.17) is 4.74 Å². The van der Waals surface area contributed by atoms with Crippen LogP contribution in [0.4, 0.5) is 5.82 Å². The standard InChI is InChI=1S/C10H14N2O2/c1-8(13)14-7-9-5-4-6-10(11-9)12(2)3/h4-6H,7H2,1-3H3. The minimum atomic E-state index is -0.290. The molecule has 4 nitrogen and oxygen atoms in total. The first-order valence-electron chi connectivity index (χ1n) is 4.36. The van der Waals surface area contributed by atoms with Gasteiger partial charge in [-0.25, -0.2) is 4.98 Å². The number of carbonyl (C=O) groups is 1. The van der Waals surface area contributed by atoms with Crippen LogP contribution in [-0.4, -0.2) is 25.0 Å². The molecule has 0 N–H and O–H groups in total. The van der Waals surface area contributed by atoms with E-state index in [9.17, 15) is 4.79 Å². The largest absolute Gasteiger partial charge is 0.459 e. The number of hydrogen-bond donors (Lipinski definition) is 0. The van der Waals surface area contributed by atoms with Gasteiger partial charge in [-0.15, -0.1) is 0 Å². The van der Waals surface area contributed by atoms with Gasteiger partial charge >= 0.3 is 5.97 Å². The maximum atomic E-state index is 10.6. The second-order valence-corrected chi connectivity index (χ2v) is 3.16. The second-order valence-electron chi connectivity index (χ2n) is 3.16. The Morgan fingerprint density at radius 2 is 2.21 bits per heavy atom. The quantitative estimate of drug-likeness (QED) is 0.678. The molecule has 1 aromatic heterocycles. The van der Waals surface area contributed by atoms with Crippen molar-refractivity contribution in [3.8, 4) is 0 Å². The second kappa shape index (κ2) is 4.60. The van der Waals surface area contributed by atoms with Crippen molar-refractivity contribution >= 4 is 11.8 Å². The van der Waals surface area contributed by atoms with Crippen molar-refractivity contribution in [1.29, 1.82) is 0 Å². The molecule has 0 unspecified atom stereocenters. The van der Waals surface area contributed by atoms with Gasteiger partial charge in [-0.1, -0.05) is 6.07 Å². The lowest BCUT2D eigenvalue weighted by Gasteiger charge is -2.11. The lowest BCUT2D eigenvalue weighted by Crippen LogP contribution is -2.11. The van der Waals surface area contributed by atoms with Crippen molar-refractivity contribution in [3.05, 3.63) is 23.9 Å². The van der Waals surface area contributed by atoms with E-state index in [0.29, 0.717) is 0 Å². The van der Waals surface area contributed by atoms with Gasteiger partial charge in [-0.05, 0) is 12.1 Å². The molecule has 1 heterocycles. The van der Waals surface area contributed by atoms with E-state index >= 15 is 0 Å². The van der Waals surface area contributed by atoms with Crippen molar-refractivity contribution in [2.75, 3.05) is 19.0 Å². The third-order valence-electron chi connectivity index (χ3n) is 1.67. The number of esters is 1. The minimum absolute atomic E-state index is 0.233. The third-order valence-corrected chi connectivity index (χ3v) is 1.67. The molecular weight excluding hydrogens is 180 g/mol. The van der Waals surface area contributed by atoms with E-state index in [0.717, 1.165) is 11.5 Å². The molecule has 4 heteroatoms. The zero-order chi connectivity index (χ0) is 10.6. The van der Waals surface area contributed by atoms with E-state index in [1.807, 2.05) is 37.2 Å². The molecule has 0 atom stereocenters. The fourth-order valence-electron chi connectivity index (χ4n) is 0.972. The highest BCUT2D eigenvalue weighted by atomic mass is 16.5. The molecule has 1 rings (SSSR count). The normalized spacial score (nSPS) is 9.64. The van der Waals surface area contributed by atoms with Crippen LogP contribution in [0.3, 0.4) is 0 Å². The maximum absolute atomic E-state index is 10.6. The van der Waals surface area contributed by atoms with E-state index in [1.54, 1.807) is 0 Å². The molecule has 0 fully saturated rings. The van der Waals surface area contributed by atoms with Gasteiger partial charge in [-0.2, -0.15) is 0 Å². The summed E-state index contributed by atoms with van der Waals surface area (Å²) in [7, 11) is 3.83. The van der Waals surface area contributed by atoms with Gasteiger partial charge in [0.2, 0.25) is 0 Å². The summed E-state index contributed by atoms with van der Waals surface area (Å²) in [6.45, 7) is 1.62. The number of ether oxygens (including phenoxy) is 1. The minimum Gasteiger partial charge on any atom is -0.459 e. The Morgan fingerprint density at radius 3 is 2.79 bits per heavy atom. The number of carbonyl (C=O) groups excluding carboxylic acids is 1. The summed E-state index contributed by atoms with van der Waals surface area (Å²) < 4.78 is 4.84. The predicted molar refractivity (Wildman–Crippen MR) is 54.0 cm³/mol. The van der Waals surface area contributed by atoms with Crippen LogP contribution in [0.1, 0.15) is 12.6 Å². The molecule has 0 amide bonds. The highest BCUT2D eigenvalue weighted by molar-refractivity contribution is 5.65. The van der Waals surface area contributed by atoms with Crippen LogP contribution in [0.5, 0.6) is 0 Å². The topological polar surface area (TPSA) is 42.4 Å². The number of rotatable bonds is 3. The zero-order valence-electron chi connectivity index (χ0n) is 8.65. The molecule has 0 spiro atoms. The Bertz CT molecular complexity index is 324. The summed E-state index contributed by atoms with van der Waals surface area (Å²) in [4.78, 5) is 16.8. The highest BCUT2D eigenvalue weighted by Gasteiger charge is 2.00. The molecule has 1 aromatic rings. The van der Waals surface area contributed by atoms with Crippen LogP contribution in [0, 0.1) is 0 Å². The van der Waals surface area contributed by atoms with Crippen molar-refractivity contribution in [1.82, 2.24) is 4.98 Å². The van der Waals surface area contributed by atoms with Crippen molar-refractivity contribution in [3.63, 3.8) is 0 Å². The Hall–Kier alpha value is -1.58. The molecule has 76 valence electrons. The fourth-order valence-corrected chi connectivity index (χ4v) is 0.972. The average Bonchev–Trinajstić information content (AvgIpc) is 2.15. The van der Waals surface area contributed by atoms with Gasteiger partial charge in [0.25, 0.3) is 0 Å². The Morgan fingerprint density at radius 1 is 1.50 bits per heavy atom. The summed E-state index contributed by atoms with van der Waals surface area (Å²) in [6.07, 6.45) is 0. The summed E-state index contributed by atoms with van der Waals surface area (Å²) in [5, 5.41) is 0. The monoisotopic (exact) mass is 194 g/mol. The predicted octanol–water partition coefficient (Wildman–Crippen LogP) is 1.21.